The van der Waals surface area contributed by atoms with Crippen LogP contribution in [-0.4, -0.2) is 40.2 Å². The zero-order chi connectivity index (χ0) is 14.5. The number of hydrogen-bond acceptors (Lipinski definition) is 3. The van der Waals surface area contributed by atoms with Crippen LogP contribution >= 0.6 is 11.8 Å². The second kappa shape index (κ2) is 6.79. The lowest BCUT2D eigenvalue weighted by Crippen LogP contribution is -2.48. The number of piperidine rings is 1. The van der Waals surface area contributed by atoms with Crippen LogP contribution in [0.15, 0.2) is 29.2 Å². The monoisotopic (exact) mass is 293 g/mol. The number of aliphatic carboxylic acids is 1. The third kappa shape index (κ3) is 3.54. The van der Waals surface area contributed by atoms with Crippen LogP contribution < -0.4 is 0 Å². The van der Waals surface area contributed by atoms with Crippen molar-refractivity contribution in [2.45, 2.75) is 37.1 Å². The molecular formula is C15H19NO3S. The third-order valence-corrected chi connectivity index (χ3v) is 4.71. The quantitative estimate of drug-likeness (QED) is 0.867. The molecule has 0 spiro atoms. The first-order chi connectivity index (χ1) is 9.59. The van der Waals surface area contributed by atoms with Gasteiger partial charge in [-0.15, -0.1) is 11.8 Å². The first-order valence-electron chi connectivity index (χ1n) is 6.80. The average Bonchev–Trinajstić information content (AvgIpc) is 2.46. The van der Waals surface area contributed by atoms with Crippen LogP contribution in [0.1, 0.15) is 24.8 Å². The van der Waals surface area contributed by atoms with Crippen LogP contribution in [0.25, 0.3) is 0 Å². The molecule has 1 aromatic carbocycles. The molecule has 1 heterocycles. The number of carbonyl (C=O) groups excluding carboxylic acids is 1. The number of rotatable bonds is 4. The van der Waals surface area contributed by atoms with E-state index in [2.05, 4.69) is 0 Å². The van der Waals surface area contributed by atoms with E-state index in [1.165, 1.54) is 16.7 Å². The predicted octanol–water partition coefficient (Wildman–Crippen LogP) is 2.55. The number of amides is 1. The maximum Gasteiger partial charge on any atom is 0.326 e. The predicted molar refractivity (Wildman–Crippen MR) is 78.9 cm³/mol. The number of aryl methyl sites for hydroxylation is 1. The summed E-state index contributed by atoms with van der Waals surface area (Å²) in [7, 11) is 0. The van der Waals surface area contributed by atoms with E-state index in [0.717, 1.165) is 23.3 Å². The molecule has 0 aliphatic carbocycles. The summed E-state index contributed by atoms with van der Waals surface area (Å²) in [5.74, 6) is -0.668. The second-order valence-corrected chi connectivity index (χ2v) is 6.01. The molecule has 1 saturated heterocycles. The fraction of sp³-hybridized carbons (Fsp3) is 0.467. The lowest BCUT2D eigenvalue weighted by Gasteiger charge is -2.32. The molecule has 0 saturated carbocycles. The van der Waals surface area contributed by atoms with E-state index in [9.17, 15) is 14.7 Å². The van der Waals surface area contributed by atoms with E-state index in [1.807, 2.05) is 31.2 Å². The minimum Gasteiger partial charge on any atom is -0.480 e. The first-order valence-corrected chi connectivity index (χ1v) is 7.79. The van der Waals surface area contributed by atoms with Gasteiger partial charge in [0, 0.05) is 11.4 Å². The zero-order valence-electron chi connectivity index (χ0n) is 11.5. The maximum absolute atomic E-state index is 12.2. The smallest absolute Gasteiger partial charge is 0.326 e. The van der Waals surface area contributed by atoms with Gasteiger partial charge < -0.3 is 10.0 Å². The Hall–Kier alpha value is -1.49. The summed E-state index contributed by atoms with van der Waals surface area (Å²) in [4.78, 5) is 26.0. The molecule has 5 heteroatoms. The van der Waals surface area contributed by atoms with Crippen LogP contribution in [0.5, 0.6) is 0 Å². The van der Waals surface area contributed by atoms with Gasteiger partial charge in [-0.1, -0.05) is 18.2 Å². The largest absolute Gasteiger partial charge is 0.480 e. The molecule has 1 fully saturated rings. The molecule has 1 aliphatic rings. The van der Waals surface area contributed by atoms with E-state index < -0.39 is 12.0 Å². The van der Waals surface area contributed by atoms with Gasteiger partial charge in [0.05, 0.1) is 5.75 Å². The molecule has 0 bridgehead atoms. The van der Waals surface area contributed by atoms with Crippen molar-refractivity contribution >= 4 is 23.6 Å². The molecule has 0 aromatic heterocycles. The Morgan fingerprint density at radius 3 is 2.80 bits per heavy atom. The van der Waals surface area contributed by atoms with Gasteiger partial charge in [0.15, 0.2) is 0 Å². The number of carbonyl (C=O) groups is 2. The number of thioether (sulfide) groups is 1. The summed E-state index contributed by atoms with van der Waals surface area (Å²) in [6, 6.07) is 7.26. The second-order valence-electron chi connectivity index (χ2n) is 4.99. The molecule has 4 nitrogen and oxygen atoms in total. The molecule has 1 aliphatic heterocycles. The molecule has 2 rings (SSSR count). The van der Waals surface area contributed by atoms with Gasteiger partial charge in [-0.25, -0.2) is 4.79 Å². The lowest BCUT2D eigenvalue weighted by atomic mass is 10.0. The highest BCUT2D eigenvalue weighted by atomic mass is 32.2. The summed E-state index contributed by atoms with van der Waals surface area (Å²) in [6.07, 6.45) is 2.34. The molecular weight excluding hydrogens is 274 g/mol. The van der Waals surface area contributed by atoms with E-state index in [1.54, 1.807) is 0 Å². The molecule has 1 N–H and O–H groups in total. The van der Waals surface area contributed by atoms with Crippen molar-refractivity contribution in [2.75, 3.05) is 12.3 Å². The van der Waals surface area contributed by atoms with Crippen LogP contribution in [0.3, 0.4) is 0 Å². The van der Waals surface area contributed by atoms with Crippen LogP contribution in [-0.2, 0) is 9.59 Å². The molecule has 0 unspecified atom stereocenters. The molecule has 1 atom stereocenters. The zero-order valence-corrected chi connectivity index (χ0v) is 12.4. The van der Waals surface area contributed by atoms with Gasteiger partial charge in [0.25, 0.3) is 0 Å². The molecule has 0 radical (unpaired) electrons. The Labute approximate surface area is 123 Å². The van der Waals surface area contributed by atoms with Gasteiger partial charge in [0.1, 0.15) is 6.04 Å². The molecule has 1 aromatic rings. The summed E-state index contributed by atoms with van der Waals surface area (Å²) in [5.41, 5.74) is 1.14. The standard InChI is InChI=1S/C15H19NO3S/c1-11-6-2-3-8-13(11)20-10-14(17)16-9-5-4-7-12(16)15(18)19/h2-3,6,8,12H,4-5,7,9-10H2,1H3,(H,18,19)/t12-/m1/s1. The minimum atomic E-state index is -0.890. The number of carboxylic acid groups (broad SMARTS) is 1. The Kier molecular flexibility index (Phi) is 5.06. The van der Waals surface area contributed by atoms with E-state index in [-0.39, 0.29) is 5.91 Å². The fourth-order valence-electron chi connectivity index (χ4n) is 2.43. The highest BCUT2D eigenvalue weighted by Crippen LogP contribution is 2.24. The summed E-state index contributed by atoms with van der Waals surface area (Å²) >= 11 is 1.48. The lowest BCUT2D eigenvalue weighted by molar-refractivity contribution is -0.150. The van der Waals surface area contributed by atoms with Crippen molar-refractivity contribution in [3.05, 3.63) is 29.8 Å². The van der Waals surface area contributed by atoms with Gasteiger partial charge >= 0.3 is 5.97 Å². The summed E-state index contributed by atoms with van der Waals surface area (Å²) in [5, 5.41) is 9.19. The van der Waals surface area contributed by atoms with Crippen LogP contribution in [0.4, 0.5) is 0 Å². The Bertz CT molecular complexity index is 504. The van der Waals surface area contributed by atoms with Gasteiger partial charge in [0.2, 0.25) is 5.91 Å². The maximum atomic E-state index is 12.2. The number of benzene rings is 1. The van der Waals surface area contributed by atoms with Crippen molar-refractivity contribution in [1.29, 1.82) is 0 Å². The number of carboxylic acids is 1. The number of nitrogens with zero attached hydrogens (tertiary/aromatic N) is 1. The summed E-state index contributed by atoms with van der Waals surface area (Å²) < 4.78 is 0. The highest BCUT2D eigenvalue weighted by Gasteiger charge is 2.31. The first kappa shape index (κ1) is 14.9. The average molecular weight is 293 g/mol. The Morgan fingerprint density at radius 2 is 2.10 bits per heavy atom. The Balaban J connectivity index is 1.97. The van der Waals surface area contributed by atoms with Gasteiger partial charge in [-0.05, 0) is 37.8 Å². The van der Waals surface area contributed by atoms with E-state index in [4.69, 9.17) is 0 Å². The molecule has 108 valence electrons. The van der Waals surface area contributed by atoms with Gasteiger partial charge in [-0.2, -0.15) is 0 Å². The molecule has 20 heavy (non-hydrogen) atoms. The number of hydrogen-bond donors (Lipinski definition) is 1. The van der Waals surface area contributed by atoms with Crippen molar-refractivity contribution in [1.82, 2.24) is 4.90 Å². The minimum absolute atomic E-state index is 0.0784. The van der Waals surface area contributed by atoms with E-state index >= 15 is 0 Å². The van der Waals surface area contributed by atoms with Crippen molar-refractivity contribution in [3.63, 3.8) is 0 Å². The number of likely N-dealkylation sites (tertiary alicyclic amines) is 1. The molecule has 1 amide bonds. The van der Waals surface area contributed by atoms with Crippen molar-refractivity contribution in [3.8, 4) is 0 Å². The van der Waals surface area contributed by atoms with Crippen LogP contribution in [0, 0.1) is 6.92 Å². The van der Waals surface area contributed by atoms with Crippen molar-refractivity contribution in [2.24, 2.45) is 0 Å². The third-order valence-electron chi connectivity index (χ3n) is 3.55. The highest BCUT2D eigenvalue weighted by molar-refractivity contribution is 8.00. The van der Waals surface area contributed by atoms with Crippen molar-refractivity contribution < 1.29 is 14.7 Å². The normalized spacial score (nSPS) is 18.9. The topological polar surface area (TPSA) is 57.6 Å². The SMILES string of the molecule is Cc1ccccc1SCC(=O)N1CCCC[C@@H]1C(=O)O. The van der Waals surface area contributed by atoms with Gasteiger partial charge in [-0.3, -0.25) is 4.79 Å². The summed E-state index contributed by atoms with van der Waals surface area (Å²) in [6.45, 7) is 2.57. The fourth-order valence-corrected chi connectivity index (χ4v) is 3.34. The van der Waals surface area contributed by atoms with Crippen LogP contribution in [0.2, 0.25) is 0 Å². The van der Waals surface area contributed by atoms with E-state index in [0.29, 0.717) is 18.7 Å². The Morgan fingerprint density at radius 1 is 1.35 bits per heavy atom.